The Labute approximate surface area is 71.0 Å². The second-order valence-corrected chi connectivity index (χ2v) is 2.99. The average Bonchev–Trinajstić information content (AvgIpc) is 1.83. The maximum absolute atomic E-state index is 8.90. The lowest BCUT2D eigenvalue weighted by molar-refractivity contribution is 0.472. The molecule has 1 aromatic heterocycles. The summed E-state index contributed by atoms with van der Waals surface area (Å²) in [6.45, 7) is 0. The van der Waals surface area contributed by atoms with Crippen LogP contribution in [0.5, 0.6) is 5.75 Å². The van der Waals surface area contributed by atoms with E-state index in [1.807, 2.05) is 22.6 Å². The Balaban J connectivity index is 3.25. The molecule has 0 saturated heterocycles. The Morgan fingerprint density at radius 3 is 2.67 bits per heavy atom. The molecule has 0 radical (unpaired) electrons. The Morgan fingerprint density at radius 1 is 1.56 bits per heavy atom. The number of rotatable bonds is 0. The van der Waals surface area contributed by atoms with Gasteiger partial charge in [-0.2, -0.15) is 0 Å². The van der Waals surface area contributed by atoms with Crippen molar-refractivity contribution in [3.63, 3.8) is 0 Å². The van der Waals surface area contributed by atoms with Gasteiger partial charge in [0.05, 0.1) is 14.8 Å². The summed E-state index contributed by atoms with van der Waals surface area (Å²) < 4.78 is 0.759. The van der Waals surface area contributed by atoms with Crippen molar-refractivity contribution in [2.75, 3.05) is 0 Å². The third-order valence-electron chi connectivity index (χ3n) is 0.819. The van der Waals surface area contributed by atoms with Crippen LogP contribution in [-0.2, 0) is 0 Å². The van der Waals surface area contributed by atoms with E-state index in [4.69, 9.17) is 16.7 Å². The number of aromatic hydroxyl groups is 1. The van der Waals surface area contributed by atoms with Gasteiger partial charge < -0.3 is 5.11 Å². The highest BCUT2D eigenvalue weighted by Crippen LogP contribution is 2.25. The van der Waals surface area contributed by atoms with E-state index < -0.39 is 0 Å². The molecule has 9 heavy (non-hydrogen) atoms. The molecule has 0 unspecified atom stereocenters. The molecule has 0 atom stereocenters. The van der Waals surface area contributed by atoms with Crippen LogP contribution in [-0.4, -0.2) is 10.1 Å². The van der Waals surface area contributed by atoms with Gasteiger partial charge >= 0.3 is 0 Å². The van der Waals surface area contributed by atoms with E-state index >= 15 is 0 Å². The largest absolute Gasteiger partial charge is 0.505 e. The van der Waals surface area contributed by atoms with Crippen molar-refractivity contribution in [3.8, 4) is 5.75 Å². The quantitative estimate of drug-likeness (QED) is 0.720. The molecule has 0 aliphatic heterocycles. The fourth-order valence-electron chi connectivity index (χ4n) is 0.409. The Morgan fingerprint density at radius 2 is 2.22 bits per heavy atom. The summed E-state index contributed by atoms with van der Waals surface area (Å²) in [7, 11) is 0. The molecule has 0 aliphatic carbocycles. The molecule has 0 aliphatic rings. The van der Waals surface area contributed by atoms with Crippen LogP contribution in [0, 0.1) is 3.57 Å². The normalized spacial score (nSPS) is 9.56. The number of hydrogen-bond acceptors (Lipinski definition) is 2. The molecule has 0 amide bonds. The summed E-state index contributed by atoms with van der Waals surface area (Å²) >= 11 is 7.58. The smallest absolute Gasteiger partial charge is 0.153 e. The van der Waals surface area contributed by atoms with Crippen LogP contribution in [0.4, 0.5) is 0 Å². The van der Waals surface area contributed by atoms with Crippen LogP contribution in [0.2, 0.25) is 5.02 Å². The number of aromatic nitrogens is 1. The summed E-state index contributed by atoms with van der Waals surface area (Å²) in [6.07, 6.45) is 2.90. The predicted molar refractivity (Wildman–Crippen MR) is 43.6 cm³/mol. The first-order chi connectivity index (χ1) is 4.22. The summed E-state index contributed by atoms with van der Waals surface area (Å²) in [4.78, 5) is 3.70. The minimum Gasteiger partial charge on any atom is -0.505 e. The van der Waals surface area contributed by atoms with E-state index in [1.165, 1.54) is 6.20 Å². The standard InChI is InChI=1S/C5H3ClINO/c6-5-3(7)1-8-2-4(5)9/h1-2,9H. The fraction of sp³-hybridized carbons (Fsp3) is 0. The Kier molecular flexibility index (Phi) is 2.13. The first-order valence-electron chi connectivity index (χ1n) is 2.20. The average molecular weight is 255 g/mol. The molecule has 0 fully saturated rings. The highest BCUT2D eigenvalue weighted by atomic mass is 127. The van der Waals surface area contributed by atoms with Crippen LogP contribution in [0.1, 0.15) is 0 Å². The van der Waals surface area contributed by atoms with Gasteiger partial charge in [0.25, 0.3) is 0 Å². The summed E-state index contributed by atoms with van der Waals surface area (Å²) in [6, 6.07) is 0. The first kappa shape index (κ1) is 7.08. The molecule has 1 rings (SSSR count). The van der Waals surface area contributed by atoms with Crippen LogP contribution < -0.4 is 0 Å². The third-order valence-corrected chi connectivity index (χ3v) is 2.35. The van der Waals surface area contributed by atoms with Crippen LogP contribution in [0.3, 0.4) is 0 Å². The van der Waals surface area contributed by atoms with Crippen molar-refractivity contribution < 1.29 is 5.11 Å². The third kappa shape index (κ3) is 1.46. The van der Waals surface area contributed by atoms with E-state index in [0.717, 1.165) is 3.57 Å². The first-order valence-corrected chi connectivity index (χ1v) is 3.65. The van der Waals surface area contributed by atoms with Crippen molar-refractivity contribution >= 4 is 34.2 Å². The maximum atomic E-state index is 8.90. The van der Waals surface area contributed by atoms with E-state index in [-0.39, 0.29) is 5.75 Å². The van der Waals surface area contributed by atoms with Crippen molar-refractivity contribution in [1.29, 1.82) is 0 Å². The molecule has 48 valence electrons. The Hall–Kier alpha value is -0.0300. The SMILES string of the molecule is Oc1cncc(I)c1Cl. The number of hydrogen-bond donors (Lipinski definition) is 1. The molecule has 0 aromatic carbocycles. The van der Waals surface area contributed by atoms with Gasteiger partial charge in [0.2, 0.25) is 0 Å². The van der Waals surface area contributed by atoms with Crippen molar-refractivity contribution in [3.05, 3.63) is 21.0 Å². The molecule has 0 saturated carbocycles. The highest BCUT2D eigenvalue weighted by Gasteiger charge is 2.00. The van der Waals surface area contributed by atoms with Crippen LogP contribution >= 0.6 is 34.2 Å². The maximum Gasteiger partial charge on any atom is 0.153 e. The van der Waals surface area contributed by atoms with Gasteiger partial charge in [-0.25, -0.2) is 0 Å². The van der Waals surface area contributed by atoms with E-state index in [0.29, 0.717) is 5.02 Å². The fourth-order valence-corrected chi connectivity index (χ4v) is 0.944. The molecule has 1 aromatic rings. The number of pyridine rings is 1. The molecule has 1 heterocycles. The van der Waals surface area contributed by atoms with E-state index in [1.54, 1.807) is 6.20 Å². The summed E-state index contributed by atoms with van der Waals surface area (Å²) in [5, 5.41) is 9.27. The lowest BCUT2D eigenvalue weighted by Gasteiger charge is -1.94. The molecule has 1 N–H and O–H groups in total. The Bertz CT molecular complexity index is 208. The highest BCUT2D eigenvalue weighted by molar-refractivity contribution is 14.1. The van der Waals surface area contributed by atoms with Gasteiger partial charge in [-0.15, -0.1) is 0 Å². The van der Waals surface area contributed by atoms with Gasteiger partial charge in [0.15, 0.2) is 5.75 Å². The molecular formula is C5H3ClINO. The zero-order chi connectivity index (χ0) is 6.85. The number of nitrogens with zero attached hydrogens (tertiary/aromatic N) is 1. The van der Waals surface area contributed by atoms with Crippen molar-refractivity contribution in [1.82, 2.24) is 4.98 Å². The lowest BCUT2D eigenvalue weighted by atomic mass is 10.5. The van der Waals surface area contributed by atoms with Crippen molar-refractivity contribution in [2.24, 2.45) is 0 Å². The second kappa shape index (κ2) is 2.70. The summed E-state index contributed by atoms with van der Waals surface area (Å²) in [5.74, 6) is 0.0311. The minimum atomic E-state index is 0.0311. The van der Waals surface area contributed by atoms with Crippen LogP contribution in [0.15, 0.2) is 12.4 Å². The van der Waals surface area contributed by atoms with Gasteiger partial charge in [0, 0.05) is 6.20 Å². The van der Waals surface area contributed by atoms with Crippen molar-refractivity contribution in [2.45, 2.75) is 0 Å². The van der Waals surface area contributed by atoms with Gasteiger partial charge in [0.1, 0.15) is 0 Å². The van der Waals surface area contributed by atoms with E-state index in [2.05, 4.69) is 4.98 Å². The second-order valence-electron chi connectivity index (χ2n) is 1.45. The van der Waals surface area contributed by atoms with Gasteiger partial charge in [-0.05, 0) is 22.6 Å². The topological polar surface area (TPSA) is 33.1 Å². The molecule has 2 nitrogen and oxygen atoms in total. The molecular weight excluding hydrogens is 252 g/mol. The molecule has 4 heteroatoms. The zero-order valence-electron chi connectivity index (χ0n) is 4.31. The van der Waals surface area contributed by atoms with Crippen LogP contribution in [0.25, 0.3) is 0 Å². The van der Waals surface area contributed by atoms with Gasteiger partial charge in [-0.1, -0.05) is 11.6 Å². The number of halogens is 2. The molecule has 0 bridgehead atoms. The monoisotopic (exact) mass is 255 g/mol. The zero-order valence-corrected chi connectivity index (χ0v) is 7.22. The molecule has 0 spiro atoms. The van der Waals surface area contributed by atoms with Gasteiger partial charge in [-0.3, -0.25) is 4.98 Å². The predicted octanol–water partition coefficient (Wildman–Crippen LogP) is 2.05. The minimum absolute atomic E-state index is 0.0311. The van der Waals surface area contributed by atoms with E-state index in [9.17, 15) is 0 Å². The summed E-state index contributed by atoms with van der Waals surface area (Å²) in [5.41, 5.74) is 0. The lowest BCUT2D eigenvalue weighted by Crippen LogP contribution is -1.76.